The summed E-state index contributed by atoms with van der Waals surface area (Å²) in [6.45, 7) is 9.48. The molecule has 1 heterocycles. The van der Waals surface area contributed by atoms with Gasteiger partial charge in [0.1, 0.15) is 5.78 Å². The second kappa shape index (κ2) is 5.30. The molecule has 2 rings (SSSR count). The number of hydrogen-bond acceptors (Lipinski definition) is 3. The van der Waals surface area contributed by atoms with Crippen molar-refractivity contribution in [3.8, 4) is 0 Å². The highest BCUT2D eigenvalue weighted by Crippen LogP contribution is 2.38. The van der Waals surface area contributed by atoms with E-state index in [-0.39, 0.29) is 11.3 Å². The van der Waals surface area contributed by atoms with Gasteiger partial charge >= 0.3 is 0 Å². The molecule has 0 aromatic heterocycles. The summed E-state index contributed by atoms with van der Waals surface area (Å²) in [4.78, 5) is 14.7. The zero-order valence-electron chi connectivity index (χ0n) is 12.2. The Morgan fingerprint density at radius 2 is 2.11 bits per heavy atom. The summed E-state index contributed by atoms with van der Waals surface area (Å²) in [5.41, 5.74) is -0.0889. The van der Waals surface area contributed by atoms with E-state index in [4.69, 9.17) is 4.74 Å². The lowest BCUT2D eigenvalue weighted by Gasteiger charge is -2.37. The number of Topliss-reactive ketones (excluding diaryl/α,β-unsaturated/α-hetero) is 1. The van der Waals surface area contributed by atoms with Gasteiger partial charge in [0, 0.05) is 31.5 Å². The summed E-state index contributed by atoms with van der Waals surface area (Å²) >= 11 is 0. The number of ether oxygens (including phenoxy) is 1. The first-order valence-corrected chi connectivity index (χ1v) is 7.23. The van der Waals surface area contributed by atoms with Gasteiger partial charge in [-0.1, -0.05) is 20.8 Å². The molecular weight excluding hydrogens is 226 g/mol. The molecule has 1 saturated heterocycles. The minimum absolute atomic E-state index is 0.0889. The molecule has 2 aliphatic rings. The van der Waals surface area contributed by atoms with Crippen molar-refractivity contribution in [3.63, 3.8) is 0 Å². The zero-order chi connectivity index (χ0) is 13.3. The molecule has 3 nitrogen and oxygen atoms in total. The summed E-state index contributed by atoms with van der Waals surface area (Å²) in [6.07, 6.45) is 3.63. The number of hydrogen-bond donors (Lipinski definition) is 0. The van der Waals surface area contributed by atoms with Crippen molar-refractivity contribution < 1.29 is 9.53 Å². The van der Waals surface area contributed by atoms with E-state index in [2.05, 4.69) is 25.7 Å². The maximum Gasteiger partial charge on any atom is 0.142 e. The average Bonchev–Trinajstić information content (AvgIpc) is 2.59. The maximum absolute atomic E-state index is 12.3. The van der Waals surface area contributed by atoms with Crippen LogP contribution in [0.25, 0.3) is 0 Å². The molecule has 3 atom stereocenters. The molecule has 18 heavy (non-hydrogen) atoms. The Kier molecular flexibility index (Phi) is 4.12. The first-order chi connectivity index (χ1) is 8.44. The Morgan fingerprint density at radius 3 is 2.67 bits per heavy atom. The number of carbonyl (C=O) groups excluding carboxylic acids is 1. The number of methoxy groups -OCH3 is 1. The van der Waals surface area contributed by atoms with Gasteiger partial charge in [0.15, 0.2) is 0 Å². The SMILES string of the molecule is COC1CN(CC2CCC(C)(C)C2=O)CCC1C. The standard InChI is InChI=1S/C15H27NO2/c1-11-6-8-16(10-13(11)18-4)9-12-5-7-15(2,3)14(12)17/h11-13H,5-10H2,1-4H3. The monoisotopic (exact) mass is 253 g/mol. The van der Waals surface area contributed by atoms with Crippen LogP contribution in [-0.4, -0.2) is 43.5 Å². The van der Waals surface area contributed by atoms with Crippen LogP contribution in [0.1, 0.15) is 40.0 Å². The molecule has 1 aliphatic heterocycles. The number of ketones is 1. The molecule has 104 valence electrons. The van der Waals surface area contributed by atoms with Crippen molar-refractivity contribution in [2.24, 2.45) is 17.3 Å². The average molecular weight is 253 g/mol. The van der Waals surface area contributed by atoms with Crippen LogP contribution in [0.3, 0.4) is 0 Å². The second-order valence-electron chi connectivity index (χ2n) is 6.78. The van der Waals surface area contributed by atoms with Crippen molar-refractivity contribution in [3.05, 3.63) is 0 Å². The van der Waals surface area contributed by atoms with Crippen LogP contribution < -0.4 is 0 Å². The molecule has 3 unspecified atom stereocenters. The van der Waals surface area contributed by atoms with Gasteiger partial charge < -0.3 is 9.64 Å². The van der Waals surface area contributed by atoms with Crippen molar-refractivity contribution in [2.45, 2.75) is 46.1 Å². The summed E-state index contributed by atoms with van der Waals surface area (Å²) in [5, 5.41) is 0. The fraction of sp³-hybridized carbons (Fsp3) is 0.933. The lowest BCUT2D eigenvalue weighted by molar-refractivity contribution is -0.128. The van der Waals surface area contributed by atoms with Gasteiger partial charge in [-0.15, -0.1) is 0 Å². The molecule has 0 radical (unpaired) electrons. The van der Waals surface area contributed by atoms with Crippen LogP contribution >= 0.6 is 0 Å². The van der Waals surface area contributed by atoms with Crippen LogP contribution in [0.4, 0.5) is 0 Å². The van der Waals surface area contributed by atoms with Crippen LogP contribution in [0.15, 0.2) is 0 Å². The molecule has 1 aliphatic carbocycles. The van der Waals surface area contributed by atoms with E-state index in [1.165, 1.54) is 6.42 Å². The van der Waals surface area contributed by atoms with E-state index in [1.54, 1.807) is 7.11 Å². The summed E-state index contributed by atoms with van der Waals surface area (Å²) in [6, 6.07) is 0. The number of rotatable bonds is 3. The normalized spacial score (nSPS) is 37.1. The van der Waals surface area contributed by atoms with Gasteiger partial charge in [-0.05, 0) is 31.7 Å². The molecule has 2 fully saturated rings. The van der Waals surface area contributed by atoms with Gasteiger partial charge in [-0.3, -0.25) is 4.79 Å². The van der Waals surface area contributed by atoms with Gasteiger partial charge in [-0.25, -0.2) is 0 Å². The quantitative estimate of drug-likeness (QED) is 0.773. The van der Waals surface area contributed by atoms with Gasteiger partial charge in [0.05, 0.1) is 6.10 Å². The summed E-state index contributed by atoms with van der Waals surface area (Å²) in [5.74, 6) is 1.36. The van der Waals surface area contributed by atoms with E-state index in [1.807, 2.05) is 0 Å². The Labute approximate surface area is 111 Å². The topological polar surface area (TPSA) is 29.5 Å². The number of carbonyl (C=O) groups is 1. The van der Waals surface area contributed by atoms with Gasteiger partial charge in [0.25, 0.3) is 0 Å². The summed E-state index contributed by atoms with van der Waals surface area (Å²) in [7, 11) is 1.80. The molecule has 0 aromatic carbocycles. The molecule has 0 spiro atoms. The first kappa shape index (κ1) is 14.0. The lowest BCUT2D eigenvalue weighted by Crippen LogP contribution is -2.46. The lowest BCUT2D eigenvalue weighted by atomic mass is 9.88. The molecule has 0 N–H and O–H groups in total. The van der Waals surface area contributed by atoms with Crippen LogP contribution in [-0.2, 0) is 9.53 Å². The van der Waals surface area contributed by atoms with Crippen molar-refractivity contribution in [1.29, 1.82) is 0 Å². The number of likely N-dealkylation sites (tertiary alicyclic amines) is 1. The highest BCUT2D eigenvalue weighted by Gasteiger charge is 2.41. The largest absolute Gasteiger partial charge is 0.380 e. The van der Waals surface area contributed by atoms with Crippen molar-refractivity contribution in [1.82, 2.24) is 4.90 Å². The van der Waals surface area contributed by atoms with Crippen molar-refractivity contribution >= 4 is 5.78 Å². The highest BCUT2D eigenvalue weighted by molar-refractivity contribution is 5.88. The molecule has 1 saturated carbocycles. The van der Waals surface area contributed by atoms with Gasteiger partial charge in [0.2, 0.25) is 0 Å². The third kappa shape index (κ3) is 2.77. The predicted molar refractivity (Wildman–Crippen MR) is 72.5 cm³/mol. The van der Waals surface area contributed by atoms with Crippen LogP contribution in [0.2, 0.25) is 0 Å². The smallest absolute Gasteiger partial charge is 0.142 e. The molecule has 0 bridgehead atoms. The second-order valence-corrected chi connectivity index (χ2v) is 6.78. The van der Waals surface area contributed by atoms with E-state index >= 15 is 0 Å². The zero-order valence-corrected chi connectivity index (χ0v) is 12.2. The molecular formula is C15H27NO2. The Bertz CT molecular complexity index is 314. The predicted octanol–water partition coefficient (Wildman–Crippen LogP) is 2.35. The van der Waals surface area contributed by atoms with Crippen LogP contribution in [0, 0.1) is 17.3 Å². The van der Waals surface area contributed by atoms with Gasteiger partial charge in [-0.2, -0.15) is 0 Å². The fourth-order valence-corrected chi connectivity index (χ4v) is 3.40. The number of piperidine rings is 1. The van der Waals surface area contributed by atoms with Crippen molar-refractivity contribution in [2.75, 3.05) is 26.7 Å². The Hall–Kier alpha value is -0.410. The molecule has 3 heteroatoms. The van der Waals surface area contributed by atoms with E-state index < -0.39 is 0 Å². The van der Waals surface area contributed by atoms with Crippen LogP contribution in [0.5, 0.6) is 0 Å². The Balaban J connectivity index is 1.89. The molecule has 0 amide bonds. The first-order valence-electron chi connectivity index (χ1n) is 7.23. The summed E-state index contributed by atoms with van der Waals surface area (Å²) < 4.78 is 5.54. The highest BCUT2D eigenvalue weighted by atomic mass is 16.5. The minimum atomic E-state index is -0.0889. The van der Waals surface area contributed by atoms with E-state index in [0.29, 0.717) is 17.8 Å². The van der Waals surface area contributed by atoms with E-state index in [9.17, 15) is 4.79 Å². The minimum Gasteiger partial charge on any atom is -0.380 e. The fourth-order valence-electron chi connectivity index (χ4n) is 3.40. The number of nitrogens with zero attached hydrogens (tertiary/aromatic N) is 1. The molecule has 0 aromatic rings. The third-order valence-corrected chi connectivity index (χ3v) is 4.91. The Morgan fingerprint density at radius 1 is 1.39 bits per heavy atom. The maximum atomic E-state index is 12.3. The third-order valence-electron chi connectivity index (χ3n) is 4.91. The van der Waals surface area contributed by atoms with E-state index in [0.717, 1.165) is 32.5 Å².